The monoisotopic (exact) mass is 309 g/mol. The Balaban J connectivity index is 1.80. The molecule has 2 aliphatic rings. The van der Waals surface area contributed by atoms with Crippen molar-refractivity contribution in [3.63, 3.8) is 0 Å². The van der Waals surface area contributed by atoms with E-state index in [2.05, 4.69) is 16.9 Å². The second-order valence-corrected chi connectivity index (χ2v) is 6.41. The largest absolute Gasteiger partial charge is 0.476 e. The summed E-state index contributed by atoms with van der Waals surface area (Å²) in [5.41, 5.74) is 2.21. The zero-order valence-electron chi connectivity index (χ0n) is 13.1. The van der Waals surface area contributed by atoms with E-state index in [1.165, 1.54) is 0 Å². The van der Waals surface area contributed by atoms with Gasteiger partial charge in [0.05, 0.1) is 0 Å². The molecule has 1 fully saturated rings. The molecule has 1 aromatic rings. The molecule has 0 aromatic carbocycles. The summed E-state index contributed by atoms with van der Waals surface area (Å²) in [6, 6.07) is 0.331. The molecular formula is C16H24FN3O2. The number of alkyl halides is 1. The zero-order chi connectivity index (χ0) is 15.7. The number of carbonyl (C=O) groups is 1. The third kappa shape index (κ3) is 2.89. The van der Waals surface area contributed by atoms with Gasteiger partial charge in [-0.1, -0.05) is 6.92 Å². The number of aromatic carboxylic acids is 1. The van der Waals surface area contributed by atoms with E-state index in [-0.39, 0.29) is 5.69 Å². The van der Waals surface area contributed by atoms with Crippen LogP contribution in [-0.2, 0) is 19.4 Å². The molecule has 0 spiro atoms. The highest BCUT2D eigenvalue weighted by Gasteiger charge is 2.33. The number of piperidine rings is 1. The minimum Gasteiger partial charge on any atom is -0.476 e. The number of halogens is 1. The molecule has 1 atom stereocenters. The number of hydrogen-bond acceptors (Lipinski definition) is 3. The van der Waals surface area contributed by atoms with Gasteiger partial charge in [-0.25, -0.2) is 9.18 Å². The molecule has 1 aromatic heterocycles. The summed E-state index contributed by atoms with van der Waals surface area (Å²) < 4.78 is 15.2. The molecule has 1 N–H and O–H groups in total. The Kier molecular flexibility index (Phi) is 4.47. The van der Waals surface area contributed by atoms with Gasteiger partial charge >= 0.3 is 5.97 Å². The maximum absolute atomic E-state index is 13.3. The maximum atomic E-state index is 13.3. The highest BCUT2D eigenvalue weighted by molar-refractivity contribution is 5.87. The van der Waals surface area contributed by atoms with Crippen LogP contribution in [0.25, 0.3) is 0 Å². The minimum absolute atomic E-state index is 0.216. The number of rotatable bonds is 4. The topological polar surface area (TPSA) is 58.4 Å². The van der Waals surface area contributed by atoms with E-state index in [4.69, 9.17) is 0 Å². The number of nitrogens with zero attached hydrogens (tertiary/aromatic N) is 3. The predicted octanol–water partition coefficient (Wildman–Crippen LogP) is 2.28. The van der Waals surface area contributed by atoms with E-state index in [1.54, 1.807) is 0 Å². The third-order valence-electron chi connectivity index (χ3n) is 4.93. The molecule has 1 saturated heterocycles. The Morgan fingerprint density at radius 1 is 1.36 bits per heavy atom. The van der Waals surface area contributed by atoms with Gasteiger partial charge in [-0.05, 0) is 38.5 Å². The van der Waals surface area contributed by atoms with Crippen molar-refractivity contribution in [1.29, 1.82) is 0 Å². The minimum atomic E-state index is -0.936. The number of fused-ring (bicyclic) bond motifs is 1. The van der Waals surface area contributed by atoms with Crippen LogP contribution < -0.4 is 0 Å². The lowest BCUT2D eigenvalue weighted by molar-refractivity contribution is 0.0686. The molecule has 0 amide bonds. The molecule has 5 nitrogen and oxygen atoms in total. The van der Waals surface area contributed by atoms with Crippen LogP contribution in [0.3, 0.4) is 0 Å². The lowest BCUT2D eigenvalue weighted by Crippen LogP contribution is -2.44. The molecule has 3 rings (SSSR count). The first-order chi connectivity index (χ1) is 10.6. The molecular weight excluding hydrogens is 285 g/mol. The average molecular weight is 309 g/mol. The highest BCUT2D eigenvalue weighted by atomic mass is 19.1. The maximum Gasteiger partial charge on any atom is 0.356 e. The lowest BCUT2D eigenvalue weighted by Gasteiger charge is -2.37. The van der Waals surface area contributed by atoms with Crippen molar-refractivity contribution in [3.05, 3.63) is 17.0 Å². The van der Waals surface area contributed by atoms with Crippen LogP contribution in [0.4, 0.5) is 4.39 Å². The first-order valence-electron chi connectivity index (χ1n) is 8.30. The normalized spacial score (nSPS) is 23.5. The molecule has 6 heteroatoms. The van der Waals surface area contributed by atoms with Crippen LogP contribution in [0.5, 0.6) is 0 Å². The molecule has 2 heterocycles. The smallest absolute Gasteiger partial charge is 0.356 e. The van der Waals surface area contributed by atoms with Gasteiger partial charge in [-0.15, -0.1) is 0 Å². The van der Waals surface area contributed by atoms with Crippen molar-refractivity contribution >= 4 is 5.97 Å². The first-order valence-corrected chi connectivity index (χ1v) is 8.30. The average Bonchev–Trinajstić information content (AvgIpc) is 2.87. The predicted molar refractivity (Wildman–Crippen MR) is 81.0 cm³/mol. The second kappa shape index (κ2) is 6.36. The fourth-order valence-corrected chi connectivity index (χ4v) is 3.78. The van der Waals surface area contributed by atoms with Crippen LogP contribution >= 0.6 is 0 Å². The molecule has 0 unspecified atom stereocenters. The van der Waals surface area contributed by atoms with Gasteiger partial charge in [-0.3, -0.25) is 9.58 Å². The molecule has 1 aliphatic heterocycles. The van der Waals surface area contributed by atoms with Crippen LogP contribution in [0.2, 0.25) is 0 Å². The fourth-order valence-electron chi connectivity index (χ4n) is 3.78. The van der Waals surface area contributed by atoms with Crippen molar-refractivity contribution < 1.29 is 14.3 Å². The molecule has 0 saturated carbocycles. The fraction of sp³-hybridized carbons (Fsp3) is 0.750. The van der Waals surface area contributed by atoms with E-state index in [1.807, 2.05) is 4.68 Å². The lowest BCUT2D eigenvalue weighted by atomic mass is 9.89. The van der Waals surface area contributed by atoms with Crippen molar-refractivity contribution in [3.8, 4) is 0 Å². The Bertz CT molecular complexity index is 550. The number of aryl methyl sites for hydroxylation is 1. The van der Waals surface area contributed by atoms with Gasteiger partial charge in [0.25, 0.3) is 0 Å². The summed E-state index contributed by atoms with van der Waals surface area (Å²) in [6.07, 6.45) is 4.10. The highest BCUT2D eigenvalue weighted by Crippen LogP contribution is 2.29. The van der Waals surface area contributed by atoms with Gasteiger partial charge in [0, 0.05) is 36.9 Å². The van der Waals surface area contributed by atoms with Crippen molar-refractivity contribution in [2.24, 2.45) is 0 Å². The van der Waals surface area contributed by atoms with Crippen LogP contribution in [0.1, 0.15) is 54.4 Å². The Morgan fingerprint density at radius 2 is 2.09 bits per heavy atom. The van der Waals surface area contributed by atoms with E-state index in [0.29, 0.717) is 18.9 Å². The van der Waals surface area contributed by atoms with Crippen LogP contribution in [-0.4, -0.2) is 51.1 Å². The second-order valence-electron chi connectivity index (χ2n) is 6.41. The number of carboxylic acid groups (broad SMARTS) is 1. The molecule has 122 valence electrons. The van der Waals surface area contributed by atoms with Gasteiger partial charge in [0.15, 0.2) is 5.69 Å². The van der Waals surface area contributed by atoms with E-state index < -0.39 is 12.1 Å². The molecule has 1 aliphatic carbocycles. The summed E-state index contributed by atoms with van der Waals surface area (Å²) in [4.78, 5) is 13.8. The molecule has 0 radical (unpaired) electrons. The zero-order valence-corrected chi connectivity index (χ0v) is 13.1. The summed E-state index contributed by atoms with van der Waals surface area (Å²) in [5, 5.41) is 13.7. The summed E-state index contributed by atoms with van der Waals surface area (Å²) >= 11 is 0. The Morgan fingerprint density at radius 3 is 2.73 bits per heavy atom. The molecule has 0 bridgehead atoms. The van der Waals surface area contributed by atoms with E-state index >= 15 is 0 Å². The first kappa shape index (κ1) is 15.5. The third-order valence-corrected chi connectivity index (χ3v) is 4.93. The summed E-state index contributed by atoms with van der Waals surface area (Å²) in [5.74, 6) is -0.936. The number of carboxylic acids is 1. The van der Waals surface area contributed by atoms with Gasteiger partial charge in [0.1, 0.15) is 6.17 Å². The number of likely N-dealkylation sites (tertiary alicyclic amines) is 1. The Hall–Kier alpha value is -1.43. The number of hydrogen-bond donors (Lipinski definition) is 1. The number of aromatic nitrogens is 2. The standard InChI is InChI=1S/C16H24FN3O2/c1-2-7-20-14-4-3-12(19-8-5-11(17)6-9-19)10-13(14)15(18-20)16(21)22/h11-12H,2-10H2,1H3,(H,21,22)/t12-/m1/s1. The van der Waals surface area contributed by atoms with Crippen molar-refractivity contribution in [2.45, 2.75) is 64.2 Å². The SMILES string of the molecule is CCCn1nc(C(=O)O)c2c1CC[C@@H](N1CCC(F)CC1)C2. The van der Waals surface area contributed by atoms with Crippen LogP contribution in [0.15, 0.2) is 0 Å². The summed E-state index contributed by atoms with van der Waals surface area (Å²) in [7, 11) is 0. The quantitative estimate of drug-likeness (QED) is 0.927. The van der Waals surface area contributed by atoms with Crippen molar-refractivity contribution in [1.82, 2.24) is 14.7 Å². The van der Waals surface area contributed by atoms with Gasteiger partial charge in [0.2, 0.25) is 0 Å². The molecule has 22 heavy (non-hydrogen) atoms. The van der Waals surface area contributed by atoms with Crippen LogP contribution in [0, 0.1) is 0 Å². The van der Waals surface area contributed by atoms with Gasteiger partial charge < -0.3 is 5.11 Å². The summed E-state index contributed by atoms with van der Waals surface area (Å²) in [6.45, 7) is 4.41. The van der Waals surface area contributed by atoms with E-state index in [9.17, 15) is 14.3 Å². The van der Waals surface area contributed by atoms with Gasteiger partial charge in [-0.2, -0.15) is 5.10 Å². The van der Waals surface area contributed by atoms with E-state index in [0.717, 1.165) is 56.6 Å². The van der Waals surface area contributed by atoms with Crippen molar-refractivity contribution in [2.75, 3.05) is 13.1 Å². The Labute approximate surface area is 130 Å².